The summed E-state index contributed by atoms with van der Waals surface area (Å²) in [5.74, 6) is -0.582. The van der Waals surface area contributed by atoms with E-state index < -0.39 is 6.04 Å². The summed E-state index contributed by atoms with van der Waals surface area (Å²) < 4.78 is 27.5. The number of aryl methyl sites for hydroxylation is 2. The molecule has 2 rings (SSSR count). The number of rotatable bonds is 2. The van der Waals surface area contributed by atoms with Crippen LogP contribution in [-0.2, 0) is 0 Å². The van der Waals surface area contributed by atoms with E-state index in [2.05, 4.69) is 15.9 Å². The zero-order valence-corrected chi connectivity index (χ0v) is 12.3. The van der Waals surface area contributed by atoms with Gasteiger partial charge in [0.2, 0.25) is 0 Å². The molecule has 0 aliphatic heterocycles. The summed E-state index contributed by atoms with van der Waals surface area (Å²) in [7, 11) is 0. The van der Waals surface area contributed by atoms with E-state index in [9.17, 15) is 8.78 Å². The summed E-state index contributed by atoms with van der Waals surface area (Å²) in [4.78, 5) is 0. The minimum Gasteiger partial charge on any atom is -0.320 e. The highest BCUT2D eigenvalue weighted by Gasteiger charge is 2.14. The number of halogens is 3. The number of benzene rings is 2. The zero-order valence-electron chi connectivity index (χ0n) is 10.7. The monoisotopic (exact) mass is 325 g/mol. The first-order valence-electron chi connectivity index (χ1n) is 5.87. The summed E-state index contributed by atoms with van der Waals surface area (Å²) in [6.45, 7) is 3.39. The molecule has 0 spiro atoms. The summed E-state index contributed by atoms with van der Waals surface area (Å²) in [6.07, 6.45) is 0. The maximum absolute atomic E-state index is 13.6. The molecule has 2 aromatic carbocycles. The van der Waals surface area contributed by atoms with Gasteiger partial charge in [-0.2, -0.15) is 0 Å². The highest BCUT2D eigenvalue weighted by Crippen LogP contribution is 2.26. The molecular formula is C15H14BrF2N. The van der Waals surface area contributed by atoms with Crippen LogP contribution in [0.1, 0.15) is 28.3 Å². The van der Waals surface area contributed by atoms with Crippen LogP contribution < -0.4 is 5.73 Å². The van der Waals surface area contributed by atoms with Gasteiger partial charge in [-0.15, -0.1) is 0 Å². The molecule has 0 amide bonds. The van der Waals surface area contributed by atoms with Crippen molar-refractivity contribution in [1.29, 1.82) is 0 Å². The van der Waals surface area contributed by atoms with Gasteiger partial charge in [-0.25, -0.2) is 8.78 Å². The topological polar surface area (TPSA) is 26.0 Å². The van der Waals surface area contributed by atoms with Crippen molar-refractivity contribution in [2.24, 2.45) is 5.73 Å². The largest absolute Gasteiger partial charge is 0.320 e. The van der Waals surface area contributed by atoms with Crippen molar-refractivity contribution >= 4 is 15.9 Å². The van der Waals surface area contributed by atoms with E-state index in [0.29, 0.717) is 21.2 Å². The molecule has 0 aliphatic carbocycles. The Bertz CT molecular complexity index is 603. The third kappa shape index (κ3) is 2.85. The van der Waals surface area contributed by atoms with Gasteiger partial charge in [-0.3, -0.25) is 0 Å². The fraction of sp³-hybridized carbons (Fsp3) is 0.200. The van der Waals surface area contributed by atoms with Crippen molar-refractivity contribution in [3.05, 3.63) is 68.7 Å². The lowest BCUT2D eigenvalue weighted by atomic mass is 9.96. The van der Waals surface area contributed by atoms with E-state index >= 15 is 0 Å². The lowest BCUT2D eigenvalue weighted by molar-refractivity contribution is 0.606. The molecule has 1 unspecified atom stereocenters. The summed E-state index contributed by atoms with van der Waals surface area (Å²) in [5, 5.41) is 0. The van der Waals surface area contributed by atoms with E-state index in [1.807, 2.05) is 0 Å². The van der Waals surface area contributed by atoms with Crippen molar-refractivity contribution in [3.8, 4) is 0 Å². The second kappa shape index (κ2) is 5.39. The van der Waals surface area contributed by atoms with Gasteiger partial charge in [0.25, 0.3) is 0 Å². The summed E-state index contributed by atoms with van der Waals surface area (Å²) >= 11 is 3.10. The maximum atomic E-state index is 13.6. The first-order chi connectivity index (χ1) is 8.90. The smallest absolute Gasteiger partial charge is 0.137 e. The van der Waals surface area contributed by atoms with E-state index in [-0.39, 0.29) is 11.6 Å². The van der Waals surface area contributed by atoms with Crippen molar-refractivity contribution < 1.29 is 8.78 Å². The molecule has 0 aromatic heterocycles. The average molecular weight is 326 g/mol. The van der Waals surface area contributed by atoms with E-state index in [0.717, 1.165) is 5.56 Å². The van der Waals surface area contributed by atoms with Gasteiger partial charge in [0.15, 0.2) is 0 Å². The lowest BCUT2D eigenvalue weighted by Gasteiger charge is -2.15. The molecule has 100 valence electrons. The Morgan fingerprint density at radius 2 is 1.58 bits per heavy atom. The quantitative estimate of drug-likeness (QED) is 0.870. The number of hydrogen-bond acceptors (Lipinski definition) is 1. The van der Waals surface area contributed by atoms with Crippen LogP contribution >= 0.6 is 15.9 Å². The van der Waals surface area contributed by atoms with Crippen molar-refractivity contribution in [2.75, 3.05) is 0 Å². The van der Waals surface area contributed by atoms with Gasteiger partial charge in [-0.05, 0) is 64.2 Å². The van der Waals surface area contributed by atoms with Crippen LogP contribution in [0.25, 0.3) is 0 Å². The fourth-order valence-corrected chi connectivity index (χ4v) is 2.30. The molecule has 1 nitrogen and oxygen atoms in total. The normalized spacial score (nSPS) is 12.5. The third-order valence-corrected chi connectivity index (χ3v) is 3.76. The van der Waals surface area contributed by atoms with Gasteiger partial charge >= 0.3 is 0 Å². The summed E-state index contributed by atoms with van der Waals surface area (Å²) in [5.41, 5.74) is 8.64. The second-order valence-electron chi connectivity index (χ2n) is 4.62. The van der Waals surface area contributed by atoms with Crippen LogP contribution in [0.5, 0.6) is 0 Å². The Labute approximate surface area is 119 Å². The molecule has 2 aromatic rings. The average Bonchev–Trinajstić information content (AvgIpc) is 2.37. The first-order valence-corrected chi connectivity index (χ1v) is 6.66. The molecule has 0 saturated carbocycles. The van der Waals surface area contributed by atoms with Crippen LogP contribution in [0.3, 0.4) is 0 Å². The first kappa shape index (κ1) is 14.2. The molecule has 4 heteroatoms. The van der Waals surface area contributed by atoms with Gasteiger partial charge in [0, 0.05) is 0 Å². The Balaban J connectivity index is 2.43. The minimum atomic E-state index is -0.472. The predicted molar refractivity (Wildman–Crippen MR) is 76.0 cm³/mol. The number of hydrogen-bond donors (Lipinski definition) is 1. The molecule has 0 radical (unpaired) electrons. The third-order valence-electron chi connectivity index (χ3n) is 3.12. The molecule has 19 heavy (non-hydrogen) atoms. The fourth-order valence-electron chi connectivity index (χ4n) is 2.06. The Morgan fingerprint density at radius 1 is 1.00 bits per heavy atom. The molecule has 0 saturated heterocycles. The molecule has 2 N–H and O–H groups in total. The van der Waals surface area contributed by atoms with Gasteiger partial charge < -0.3 is 5.73 Å². The summed E-state index contributed by atoms with van der Waals surface area (Å²) in [6, 6.07) is 7.70. The van der Waals surface area contributed by atoms with Gasteiger partial charge in [0.1, 0.15) is 11.6 Å². The Hall–Kier alpha value is -1.26. The second-order valence-corrected chi connectivity index (χ2v) is 5.47. The highest BCUT2D eigenvalue weighted by atomic mass is 79.9. The molecule has 0 aliphatic rings. The molecular weight excluding hydrogens is 312 g/mol. The van der Waals surface area contributed by atoms with E-state index in [1.54, 1.807) is 38.1 Å². The zero-order chi connectivity index (χ0) is 14.2. The van der Waals surface area contributed by atoms with Crippen LogP contribution in [0, 0.1) is 25.5 Å². The van der Waals surface area contributed by atoms with E-state index in [1.165, 1.54) is 6.07 Å². The van der Waals surface area contributed by atoms with Crippen molar-refractivity contribution in [1.82, 2.24) is 0 Å². The number of nitrogens with two attached hydrogens (primary N) is 1. The Kier molecular flexibility index (Phi) is 4.02. The van der Waals surface area contributed by atoms with Crippen molar-refractivity contribution in [2.45, 2.75) is 19.9 Å². The van der Waals surface area contributed by atoms with Gasteiger partial charge in [0.05, 0.1) is 10.5 Å². The van der Waals surface area contributed by atoms with Crippen LogP contribution in [0.15, 0.2) is 34.8 Å². The Morgan fingerprint density at radius 3 is 2.11 bits per heavy atom. The molecule has 0 heterocycles. The van der Waals surface area contributed by atoms with Gasteiger partial charge in [-0.1, -0.05) is 18.2 Å². The highest BCUT2D eigenvalue weighted by molar-refractivity contribution is 9.10. The maximum Gasteiger partial charge on any atom is 0.137 e. The van der Waals surface area contributed by atoms with Crippen LogP contribution in [0.4, 0.5) is 8.78 Å². The standard InChI is InChI=1S/C15H14BrF2N/c1-8-5-11(6-9(2)14(8)18)15(19)10-3-4-12(16)13(17)7-10/h3-7,15H,19H2,1-2H3. The van der Waals surface area contributed by atoms with Crippen LogP contribution in [-0.4, -0.2) is 0 Å². The molecule has 0 bridgehead atoms. The minimum absolute atomic E-state index is 0.224. The molecule has 1 atom stereocenters. The SMILES string of the molecule is Cc1cc(C(N)c2ccc(Br)c(F)c2)cc(C)c1F. The lowest BCUT2D eigenvalue weighted by Crippen LogP contribution is -2.13. The predicted octanol–water partition coefficient (Wildman–Crippen LogP) is 4.39. The van der Waals surface area contributed by atoms with Crippen molar-refractivity contribution in [3.63, 3.8) is 0 Å². The van der Waals surface area contributed by atoms with Crippen LogP contribution in [0.2, 0.25) is 0 Å². The molecule has 0 fully saturated rings. The van der Waals surface area contributed by atoms with E-state index in [4.69, 9.17) is 5.73 Å².